The van der Waals surface area contributed by atoms with E-state index in [-0.39, 0.29) is 16.7 Å². The van der Waals surface area contributed by atoms with Crippen LogP contribution in [0.25, 0.3) is 0 Å². The monoisotopic (exact) mass is 571 g/mol. The SMILES string of the molecule is CCc1cc(N2C(=S)N(c3ccc(C#N)c(C(F)(F)F)c3)C(=O)C23CCC3)ccc1OCCN1CCN[C@H](C)C1. The fourth-order valence-corrected chi connectivity index (χ4v) is 6.30. The van der Waals surface area contributed by atoms with Crippen molar-refractivity contribution in [1.82, 2.24) is 10.2 Å². The lowest BCUT2D eigenvalue weighted by Gasteiger charge is -2.43. The van der Waals surface area contributed by atoms with Gasteiger partial charge in [0, 0.05) is 37.9 Å². The van der Waals surface area contributed by atoms with Crippen molar-refractivity contribution in [3.8, 4) is 11.8 Å². The zero-order valence-corrected chi connectivity index (χ0v) is 23.4. The summed E-state index contributed by atoms with van der Waals surface area (Å²) in [4.78, 5) is 19.1. The van der Waals surface area contributed by atoms with Gasteiger partial charge in [-0.2, -0.15) is 18.4 Å². The van der Waals surface area contributed by atoms with Gasteiger partial charge in [0.15, 0.2) is 5.11 Å². The molecule has 2 aromatic carbocycles. The van der Waals surface area contributed by atoms with Crippen molar-refractivity contribution in [2.24, 2.45) is 0 Å². The van der Waals surface area contributed by atoms with Crippen LogP contribution in [0, 0.1) is 11.3 Å². The minimum Gasteiger partial charge on any atom is -0.492 e. The smallest absolute Gasteiger partial charge is 0.417 e. The van der Waals surface area contributed by atoms with Gasteiger partial charge in [-0.05, 0) is 86.8 Å². The molecule has 1 atom stereocenters. The average molecular weight is 572 g/mol. The summed E-state index contributed by atoms with van der Waals surface area (Å²) in [6.07, 6.45) is -2.13. The quantitative estimate of drug-likeness (QED) is 0.476. The second-order valence-corrected chi connectivity index (χ2v) is 11.0. The Bertz CT molecular complexity index is 1350. The van der Waals surface area contributed by atoms with E-state index in [1.807, 2.05) is 25.1 Å². The molecule has 1 N–H and O–H groups in total. The summed E-state index contributed by atoms with van der Waals surface area (Å²) in [5.41, 5.74) is -0.839. The number of hydrogen-bond donors (Lipinski definition) is 1. The first kappa shape index (κ1) is 28.3. The number of aryl methyl sites for hydroxylation is 1. The van der Waals surface area contributed by atoms with E-state index >= 15 is 0 Å². The number of nitriles is 1. The Kier molecular flexibility index (Phi) is 7.79. The van der Waals surface area contributed by atoms with E-state index < -0.39 is 22.8 Å². The van der Waals surface area contributed by atoms with Gasteiger partial charge >= 0.3 is 6.18 Å². The molecule has 11 heteroatoms. The number of nitrogens with one attached hydrogen (secondary N) is 1. The van der Waals surface area contributed by atoms with Gasteiger partial charge in [-0.25, -0.2) is 0 Å². The number of piperazine rings is 1. The van der Waals surface area contributed by atoms with Crippen LogP contribution < -0.4 is 19.9 Å². The lowest BCUT2D eigenvalue weighted by molar-refractivity contribution is -0.137. The van der Waals surface area contributed by atoms with Gasteiger partial charge in [0.2, 0.25) is 0 Å². The second kappa shape index (κ2) is 11.0. The third kappa shape index (κ3) is 5.04. The highest BCUT2D eigenvalue weighted by Crippen LogP contribution is 2.49. The van der Waals surface area contributed by atoms with Crippen LogP contribution in [0.3, 0.4) is 0 Å². The van der Waals surface area contributed by atoms with Gasteiger partial charge < -0.3 is 15.0 Å². The lowest BCUT2D eigenvalue weighted by Crippen LogP contribution is -2.55. The molecule has 2 aliphatic heterocycles. The predicted octanol–water partition coefficient (Wildman–Crippen LogP) is 4.87. The molecule has 1 aliphatic carbocycles. The van der Waals surface area contributed by atoms with Crippen LogP contribution in [0.1, 0.15) is 49.8 Å². The van der Waals surface area contributed by atoms with Gasteiger partial charge in [-0.3, -0.25) is 14.6 Å². The van der Waals surface area contributed by atoms with Crippen LogP contribution in [-0.2, 0) is 17.4 Å². The van der Waals surface area contributed by atoms with Crippen molar-refractivity contribution in [2.75, 3.05) is 42.6 Å². The minimum absolute atomic E-state index is 0.00741. The van der Waals surface area contributed by atoms with E-state index in [4.69, 9.17) is 17.0 Å². The molecule has 0 unspecified atom stereocenters. The molecule has 2 aromatic rings. The molecule has 2 saturated heterocycles. The van der Waals surface area contributed by atoms with Gasteiger partial charge in [0.25, 0.3) is 5.91 Å². The highest BCUT2D eigenvalue weighted by molar-refractivity contribution is 7.81. The Morgan fingerprint density at radius 2 is 1.95 bits per heavy atom. The molecule has 3 aliphatic rings. The Hall–Kier alpha value is -3.20. The van der Waals surface area contributed by atoms with E-state index in [0.717, 1.165) is 56.0 Å². The van der Waals surface area contributed by atoms with Gasteiger partial charge in [0.1, 0.15) is 17.9 Å². The number of halogens is 3. The first-order valence-corrected chi connectivity index (χ1v) is 14.0. The molecule has 5 rings (SSSR count). The predicted molar refractivity (Wildman–Crippen MR) is 151 cm³/mol. The highest BCUT2D eigenvalue weighted by Gasteiger charge is 2.59. The third-order valence-corrected chi connectivity index (χ3v) is 8.45. The molecule has 212 valence electrons. The van der Waals surface area contributed by atoms with E-state index in [2.05, 4.69) is 17.1 Å². The normalized spacial score (nSPS) is 21.1. The summed E-state index contributed by atoms with van der Waals surface area (Å²) in [7, 11) is 0. The summed E-state index contributed by atoms with van der Waals surface area (Å²) in [6, 6.07) is 11.0. The van der Waals surface area contributed by atoms with Crippen molar-refractivity contribution in [3.05, 3.63) is 53.1 Å². The van der Waals surface area contributed by atoms with Gasteiger partial charge in [-0.15, -0.1) is 0 Å². The number of hydrogen-bond acceptors (Lipinski definition) is 6. The minimum atomic E-state index is -4.74. The third-order valence-electron chi connectivity index (χ3n) is 8.08. The van der Waals surface area contributed by atoms with Crippen LogP contribution in [0.15, 0.2) is 36.4 Å². The number of amides is 1. The fourth-order valence-electron chi connectivity index (χ4n) is 5.83. The fraction of sp³-hybridized carbons (Fsp3) is 0.483. The molecule has 1 spiro atoms. The number of carbonyl (C=O) groups is 1. The lowest BCUT2D eigenvalue weighted by atomic mass is 9.75. The van der Waals surface area contributed by atoms with Crippen LogP contribution in [-0.4, -0.2) is 60.3 Å². The maximum Gasteiger partial charge on any atom is 0.417 e. The summed E-state index contributed by atoms with van der Waals surface area (Å²) in [6.45, 7) is 8.49. The maximum atomic E-state index is 13.8. The first-order chi connectivity index (χ1) is 19.1. The molecule has 40 heavy (non-hydrogen) atoms. The number of alkyl halides is 3. The van der Waals surface area contributed by atoms with Crippen molar-refractivity contribution >= 4 is 34.6 Å². The Labute approximate surface area is 237 Å². The van der Waals surface area contributed by atoms with Crippen LogP contribution in [0.2, 0.25) is 0 Å². The Balaban J connectivity index is 1.41. The number of anilines is 2. The summed E-state index contributed by atoms with van der Waals surface area (Å²) < 4.78 is 47.2. The molecular weight excluding hydrogens is 539 g/mol. The van der Waals surface area contributed by atoms with E-state index in [0.29, 0.717) is 37.6 Å². The molecule has 7 nitrogen and oxygen atoms in total. The maximum absolute atomic E-state index is 13.8. The number of carbonyl (C=O) groups excluding carboxylic acids is 1. The van der Waals surface area contributed by atoms with Crippen molar-refractivity contribution in [1.29, 1.82) is 5.26 Å². The number of rotatable bonds is 7. The Morgan fingerprint density at radius 1 is 1.20 bits per heavy atom. The topological polar surface area (TPSA) is 71.8 Å². The van der Waals surface area contributed by atoms with E-state index in [9.17, 15) is 23.2 Å². The molecule has 2 heterocycles. The summed E-state index contributed by atoms with van der Waals surface area (Å²) in [5, 5.41) is 12.8. The van der Waals surface area contributed by atoms with Gasteiger partial charge in [-0.1, -0.05) is 6.92 Å². The molecular formula is C29H32F3N5O2S. The zero-order valence-electron chi connectivity index (χ0n) is 22.6. The number of nitrogens with zero attached hydrogens (tertiary/aromatic N) is 4. The molecule has 0 radical (unpaired) electrons. The number of thiocarbonyl (C=S) groups is 1. The number of benzene rings is 2. The highest BCUT2D eigenvalue weighted by atomic mass is 32.1. The average Bonchev–Trinajstić information content (AvgIpc) is 3.14. The first-order valence-electron chi connectivity index (χ1n) is 13.6. The largest absolute Gasteiger partial charge is 0.492 e. The van der Waals surface area contributed by atoms with Crippen LogP contribution in [0.4, 0.5) is 24.5 Å². The van der Waals surface area contributed by atoms with Crippen LogP contribution >= 0.6 is 12.2 Å². The van der Waals surface area contributed by atoms with E-state index in [1.165, 1.54) is 11.0 Å². The molecule has 3 fully saturated rings. The van der Waals surface area contributed by atoms with Crippen LogP contribution in [0.5, 0.6) is 5.75 Å². The molecule has 0 bridgehead atoms. The second-order valence-electron chi connectivity index (χ2n) is 10.6. The molecule has 1 saturated carbocycles. The molecule has 1 amide bonds. The van der Waals surface area contributed by atoms with Crippen molar-refractivity contribution in [2.45, 2.75) is 57.3 Å². The number of ether oxygens (including phenoxy) is 1. The van der Waals surface area contributed by atoms with Crippen molar-refractivity contribution < 1.29 is 22.7 Å². The van der Waals surface area contributed by atoms with Crippen molar-refractivity contribution in [3.63, 3.8) is 0 Å². The standard InChI is InChI=1S/C29H32F3N5O2S/c1-3-20-15-23(7-8-25(20)39-14-13-35-12-11-34-19(2)18-35)37-27(40)36(26(38)28(37)9-4-10-28)22-6-5-21(17-33)24(16-22)29(30,31)32/h5-8,15-16,19,34H,3-4,9-14,18H2,1-2H3/t19-/m1/s1. The van der Waals surface area contributed by atoms with Gasteiger partial charge in [0.05, 0.1) is 22.9 Å². The summed E-state index contributed by atoms with van der Waals surface area (Å²) >= 11 is 5.76. The summed E-state index contributed by atoms with van der Waals surface area (Å²) in [5.74, 6) is 0.428. The Morgan fingerprint density at radius 3 is 2.58 bits per heavy atom. The zero-order chi connectivity index (χ0) is 28.7. The molecule has 0 aromatic heterocycles. The van der Waals surface area contributed by atoms with E-state index in [1.54, 1.807) is 11.0 Å².